The van der Waals surface area contributed by atoms with E-state index in [1.807, 2.05) is 4.90 Å². The van der Waals surface area contributed by atoms with Crippen LogP contribution in [0.4, 0.5) is 5.69 Å². The van der Waals surface area contributed by atoms with E-state index in [1.54, 1.807) is 61.7 Å². The molecule has 29 heavy (non-hydrogen) atoms. The molecule has 0 bridgehead atoms. The number of rotatable bonds is 5. The van der Waals surface area contributed by atoms with Gasteiger partial charge in [-0.3, -0.25) is 14.4 Å². The Labute approximate surface area is 170 Å². The number of carbonyl (C=O) groups excluding carboxylic acids is 3. The van der Waals surface area contributed by atoms with E-state index < -0.39 is 0 Å². The van der Waals surface area contributed by atoms with Crippen molar-refractivity contribution < 1.29 is 14.4 Å². The molecule has 0 spiro atoms. The van der Waals surface area contributed by atoms with Gasteiger partial charge in [0.15, 0.2) is 0 Å². The molecule has 2 aromatic carbocycles. The van der Waals surface area contributed by atoms with E-state index in [4.69, 9.17) is 0 Å². The Morgan fingerprint density at radius 3 is 2.31 bits per heavy atom. The van der Waals surface area contributed by atoms with Gasteiger partial charge in [0.05, 0.1) is 11.3 Å². The Hall–Kier alpha value is -3.41. The van der Waals surface area contributed by atoms with Crippen molar-refractivity contribution in [3.63, 3.8) is 0 Å². The minimum Gasteiger partial charge on any atom is -0.355 e. The fourth-order valence-electron chi connectivity index (χ4n) is 3.28. The molecule has 0 atom stereocenters. The van der Waals surface area contributed by atoms with Crippen LogP contribution in [-0.2, 0) is 4.79 Å². The summed E-state index contributed by atoms with van der Waals surface area (Å²) in [7, 11) is 1.58. The summed E-state index contributed by atoms with van der Waals surface area (Å²) in [5, 5.41) is 5.37. The number of likely N-dealkylation sites (tertiary alicyclic amines) is 1. The van der Waals surface area contributed by atoms with E-state index in [0.29, 0.717) is 16.8 Å². The van der Waals surface area contributed by atoms with Crippen LogP contribution in [0.15, 0.2) is 54.6 Å². The molecule has 0 radical (unpaired) electrons. The first kappa shape index (κ1) is 20.3. The lowest BCUT2D eigenvalue weighted by Gasteiger charge is -2.27. The largest absolute Gasteiger partial charge is 0.355 e. The number of hydrogen-bond acceptors (Lipinski definition) is 3. The Bertz CT molecular complexity index is 913. The Kier molecular flexibility index (Phi) is 6.79. The summed E-state index contributed by atoms with van der Waals surface area (Å²) in [5.41, 5.74) is 2.36. The third-order valence-corrected chi connectivity index (χ3v) is 4.89. The zero-order valence-corrected chi connectivity index (χ0v) is 16.5. The summed E-state index contributed by atoms with van der Waals surface area (Å²) in [4.78, 5) is 38.6. The Balaban J connectivity index is 1.67. The van der Waals surface area contributed by atoms with E-state index in [-0.39, 0.29) is 17.7 Å². The maximum absolute atomic E-state index is 12.8. The van der Waals surface area contributed by atoms with Gasteiger partial charge in [-0.05, 0) is 55.2 Å². The number of nitrogens with zero attached hydrogens (tertiary/aromatic N) is 1. The molecule has 3 rings (SSSR count). The van der Waals surface area contributed by atoms with E-state index in [9.17, 15) is 14.4 Å². The van der Waals surface area contributed by atoms with Crippen LogP contribution in [-0.4, -0.2) is 42.8 Å². The van der Waals surface area contributed by atoms with Gasteiger partial charge in [-0.2, -0.15) is 0 Å². The van der Waals surface area contributed by atoms with Gasteiger partial charge < -0.3 is 15.5 Å². The van der Waals surface area contributed by atoms with Gasteiger partial charge >= 0.3 is 0 Å². The number of piperidine rings is 1. The molecule has 6 heteroatoms. The van der Waals surface area contributed by atoms with Gasteiger partial charge in [-0.15, -0.1) is 0 Å². The number of amides is 3. The molecule has 1 fully saturated rings. The molecule has 0 saturated carbocycles. The van der Waals surface area contributed by atoms with Crippen molar-refractivity contribution in [1.82, 2.24) is 10.2 Å². The third-order valence-electron chi connectivity index (χ3n) is 4.89. The van der Waals surface area contributed by atoms with Crippen LogP contribution in [0.5, 0.6) is 0 Å². The highest BCUT2D eigenvalue weighted by Crippen LogP contribution is 2.20. The second kappa shape index (κ2) is 9.68. The molecule has 0 aliphatic carbocycles. The van der Waals surface area contributed by atoms with E-state index in [0.717, 1.165) is 37.9 Å². The minimum atomic E-state index is -0.320. The second-order valence-electron chi connectivity index (χ2n) is 6.92. The van der Waals surface area contributed by atoms with Crippen LogP contribution < -0.4 is 10.6 Å². The average molecular weight is 391 g/mol. The van der Waals surface area contributed by atoms with Crippen molar-refractivity contribution in [2.24, 2.45) is 0 Å². The van der Waals surface area contributed by atoms with Crippen LogP contribution in [0.3, 0.4) is 0 Å². The lowest BCUT2D eigenvalue weighted by Crippen LogP contribution is -2.36. The number of nitrogens with one attached hydrogen (secondary N) is 2. The monoisotopic (exact) mass is 391 g/mol. The van der Waals surface area contributed by atoms with Gasteiger partial charge in [0.25, 0.3) is 11.8 Å². The summed E-state index contributed by atoms with van der Waals surface area (Å²) in [6.07, 6.45) is 6.26. The third kappa shape index (κ3) is 5.31. The fourth-order valence-corrected chi connectivity index (χ4v) is 3.28. The molecule has 6 nitrogen and oxygen atoms in total. The summed E-state index contributed by atoms with van der Waals surface area (Å²) in [6, 6.07) is 14.0. The van der Waals surface area contributed by atoms with Crippen molar-refractivity contribution >= 4 is 29.5 Å². The molecule has 0 unspecified atom stereocenters. The Morgan fingerprint density at radius 2 is 1.62 bits per heavy atom. The first-order valence-corrected chi connectivity index (χ1v) is 9.78. The van der Waals surface area contributed by atoms with Crippen LogP contribution in [0, 0.1) is 0 Å². The normalized spacial score (nSPS) is 13.9. The van der Waals surface area contributed by atoms with Crippen molar-refractivity contribution in [3.8, 4) is 0 Å². The van der Waals surface area contributed by atoms with Gasteiger partial charge in [0, 0.05) is 31.8 Å². The SMILES string of the molecule is CNC(=O)c1ccc(/C=C/C(=O)Nc2ccccc2C(=O)N2CCCCC2)cc1. The van der Waals surface area contributed by atoms with Crippen molar-refractivity contribution in [2.45, 2.75) is 19.3 Å². The van der Waals surface area contributed by atoms with Gasteiger partial charge in [0.2, 0.25) is 5.91 Å². The Morgan fingerprint density at radius 1 is 0.931 bits per heavy atom. The molecule has 1 aliphatic heterocycles. The molecule has 2 aromatic rings. The molecule has 1 saturated heterocycles. The highest BCUT2D eigenvalue weighted by Gasteiger charge is 2.20. The van der Waals surface area contributed by atoms with Crippen molar-refractivity contribution in [2.75, 3.05) is 25.5 Å². The smallest absolute Gasteiger partial charge is 0.255 e. The number of anilines is 1. The summed E-state index contributed by atoms with van der Waals surface area (Å²) >= 11 is 0. The standard InChI is InChI=1S/C23H25N3O3/c1-24-22(28)18-12-9-17(10-13-18)11-14-21(27)25-20-8-4-3-7-19(20)23(29)26-15-5-2-6-16-26/h3-4,7-14H,2,5-6,15-16H2,1H3,(H,24,28)(H,25,27)/b14-11+. The topological polar surface area (TPSA) is 78.5 Å². The number of hydrogen-bond donors (Lipinski definition) is 2. The van der Waals surface area contributed by atoms with Crippen LogP contribution in [0.2, 0.25) is 0 Å². The maximum Gasteiger partial charge on any atom is 0.255 e. The van der Waals surface area contributed by atoms with Crippen molar-refractivity contribution in [3.05, 3.63) is 71.3 Å². The van der Waals surface area contributed by atoms with Crippen molar-refractivity contribution in [1.29, 1.82) is 0 Å². The predicted molar refractivity (Wildman–Crippen MR) is 114 cm³/mol. The summed E-state index contributed by atoms with van der Waals surface area (Å²) in [6.45, 7) is 1.51. The zero-order chi connectivity index (χ0) is 20.6. The lowest BCUT2D eigenvalue weighted by atomic mass is 10.1. The van der Waals surface area contributed by atoms with E-state index in [2.05, 4.69) is 10.6 Å². The lowest BCUT2D eigenvalue weighted by molar-refractivity contribution is -0.111. The highest BCUT2D eigenvalue weighted by atomic mass is 16.2. The van der Waals surface area contributed by atoms with Gasteiger partial charge in [0.1, 0.15) is 0 Å². The maximum atomic E-state index is 12.8. The van der Waals surface area contributed by atoms with Crippen LogP contribution >= 0.6 is 0 Å². The minimum absolute atomic E-state index is 0.0469. The molecule has 2 N–H and O–H groups in total. The fraction of sp³-hybridized carbons (Fsp3) is 0.261. The van der Waals surface area contributed by atoms with Crippen LogP contribution in [0.25, 0.3) is 6.08 Å². The van der Waals surface area contributed by atoms with Gasteiger partial charge in [-0.1, -0.05) is 24.3 Å². The van der Waals surface area contributed by atoms with Gasteiger partial charge in [-0.25, -0.2) is 0 Å². The van der Waals surface area contributed by atoms with E-state index >= 15 is 0 Å². The summed E-state index contributed by atoms with van der Waals surface area (Å²) < 4.78 is 0. The predicted octanol–water partition coefficient (Wildman–Crippen LogP) is 3.32. The number of carbonyl (C=O) groups is 3. The molecular weight excluding hydrogens is 366 g/mol. The van der Waals surface area contributed by atoms with Crippen LogP contribution in [0.1, 0.15) is 45.5 Å². The molecule has 150 valence electrons. The van der Waals surface area contributed by atoms with E-state index in [1.165, 1.54) is 6.08 Å². The zero-order valence-electron chi connectivity index (χ0n) is 16.5. The first-order chi connectivity index (χ1) is 14.1. The molecule has 3 amide bonds. The quantitative estimate of drug-likeness (QED) is 0.768. The number of para-hydroxylation sites is 1. The molecular formula is C23H25N3O3. The molecule has 1 heterocycles. The first-order valence-electron chi connectivity index (χ1n) is 9.78. The highest BCUT2D eigenvalue weighted by molar-refractivity contribution is 6.07. The molecule has 0 aromatic heterocycles. The summed E-state index contributed by atoms with van der Waals surface area (Å²) in [5.74, 6) is -0.526. The molecule has 1 aliphatic rings. The second-order valence-corrected chi connectivity index (χ2v) is 6.92. The number of benzene rings is 2. The average Bonchev–Trinajstić information content (AvgIpc) is 2.78.